The minimum absolute atomic E-state index is 0.0119. The SMILES string of the molecule is CC(C)NC(=O)c1ccc2c3c(cccc13)N(C1CCC(=O)NC1=O)C2=O. The van der Waals surface area contributed by atoms with Crippen molar-refractivity contribution >= 4 is 40.1 Å². The largest absolute Gasteiger partial charge is 0.350 e. The van der Waals surface area contributed by atoms with E-state index in [1.165, 1.54) is 4.90 Å². The number of nitrogens with one attached hydrogen (secondary N) is 2. The number of anilines is 1. The summed E-state index contributed by atoms with van der Waals surface area (Å²) in [6.07, 6.45) is 0.468. The van der Waals surface area contributed by atoms with Crippen LogP contribution in [0.3, 0.4) is 0 Å². The molecular formula is C20H19N3O4. The minimum atomic E-state index is -0.735. The lowest BCUT2D eigenvalue weighted by molar-refractivity contribution is -0.134. The molecule has 2 aromatic rings. The second-order valence-corrected chi connectivity index (χ2v) is 7.13. The highest BCUT2D eigenvalue weighted by Crippen LogP contribution is 2.40. The second kappa shape index (κ2) is 6.19. The highest BCUT2D eigenvalue weighted by Gasteiger charge is 2.41. The van der Waals surface area contributed by atoms with Crippen molar-refractivity contribution in [1.29, 1.82) is 0 Å². The van der Waals surface area contributed by atoms with Gasteiger partial charge in [0.05, 0.1) is 5.69 Å². The third-order valence-electron chi connectivity index (χ3n) is 4.91. The van der Waals surface area contributed by atoms with Crippen LogP contribution in [-0.4, -0.2) is 35.7 Å². The van der Waals surface area contributed by atoms with E-state index in [0.717, 1.165) is 0 Å². The van der Waals surface area contributed by atoms with E-state index >= 15 is 0 Å². The quantitative estimate of drug-likeness (QED) is 0.810. The van der Waals surface area contributed by atoms with Crippen LogP contribution in [0.4, 0.5) is 5.69 Å². The van der Waals surface area contributed by atoms with E-state index in [1.807, 2.05) is 13.8 Å². The van der Waals surface area contributed by atoms with E-state index in [-0.39, 0.29) is 36.6 Å². The summed E-state index contributed by atoms with van der Waals surface area (Å²) in [5.41, 5.74) is 1.55. The first-order chi connectivity index (χ1) is 12.9. The van der Waals surface area contributed by atoms with Gasteiger partial charge in [-0.25, -0.2) is 0 Å². The van der Waals surface area contributed by atoms with Crippen LogP contribution in [-0.2, 0) is 9.59 Å². The standard InChI is InChI=1S/C20H19N3O4/c1-10(2)21-18(25)12-6-7-13-17-11(12)4-3-5-14(17)23(20(13)27)15-8-9-16(24)22-19(15)26/h3-7,10,15H,8-9H2,1-2H3,(H,21,25)(H,22,24,26). The Morgan fingerprint density at radius 1 is 1.19 bits per heavy atom. The fourth-order valence-corrected chi connectivity index (χ4v) is 3.78. The third kappa shape index (κ3) is 2.66. The molecule has 4 rings (SSSR count). The van der Waals surface area contributed by atoms with Crippen molar-refractivity contribution in [2.24, 2.45) is 0 Å². The van der Waals surface area contributed by atoms with Gasteiger partial charge in [0, 0.05) is 29.0 Å². The maximum Gasteiger partial charge on any atom is 0.259 e. The van der Waals surface area contributed by atoms with Gasteiger partial charge in [0.15, 0.2) is 0 Å². The lowest BCUT2D eigenvalue weighted by atomic mass is 9.99. The van der Waals surface area contributed by atoms with Gasteiger partial charge >= 0.3 is 0 Å². The molecule has 2 aliphatic heterocycles. The van der Waals surface area contributed by atoms with Crippen molar-refractivity contribution < 1.29 is 19.2 Å². The molecule has 0 spiro atoms. The second-order valence-electron chi connectivity index (χ2n) is 7.13. The van der Waals surface area contributed by atoms with Crippen molar-refractivity contribution in [2.75, 3.05) is 4.90 Å². The van der Waals surface area contributed by atoms with Gasteiger partial charge in [-0.2, -0.15) is 0 Å². The molecular weight excluding hydrogens is 346 g/mol. The van der Waals surface area contributed by atoms with Crippen molar-refractivity contribution in [3.63, 3.8) is 0 Å². The Bertz CT molecular complexity index is 1010. The minimum Gasteiger partial charge on any atom is -0.350 e. The summed E-state index contributed by atoms with van der Waals surface area (Å²) in [5, 5.41) is 6.51. The van der Waals surface area contributed by atoms with E-state index in [2.05, 4.69) is 10.6 Å². The van der Waals surface area contributed by atoms with Crippen molar-refractivity contribution in [2.45, 2.75) is 38.8 Å². The summed E-state index contributed by atoms with van der Waals surface area (Å²) in [6.45, 7) is 3.76. The van der Waals surface area contributed by atoms with Gasteiger partial charge < -0.3 is 5.32 Å². The highest BCUT2D eigenvalue weighted by atomic mass is 16.2. The van der Waals surface area contributed by atoms with Crippen LogP contribution < -0.4 is 15.5 Å². The molecule has 0 aromatic heterocycles. The van der Waals surface area contributed by atoms with Gasteiger partial charge in [-0.1, -0.05) is 12.1 Å². The lowest BCUT2D eigenvalue weighted by Gasteiger charge is -2.30. The van der Waals surface area contributed by atoms with Gasteiger partial charge in [-0.3, -0.25) is 29.4 Å². The molecule has 7 nitrogen and oxygen atoms in total. The van der Waals surface area contributed by atoms with Crippen LogP contribution in [0.2, 0.25) is 0 Å². The Balaban J connectivity index is 1.83. The first-order valence-electron chi connectivity index (χ1n) is 8.92. The van der Waals surface area contributed by atoms with Gasteiger partial charge in [0.1, 0.15) is 6.04 Å². The predicted octanol–water partition coefficient (Wildman–Crippen LogP) is 1.74. The third-order valence-corrected chi connectivity index (χ3v) is 4.91. The predicted molar refractivity (Wildman–Crippen MR) is 99.5 cm³/mol. The van der Waals surface area contributed by atoms with E-state index in [9.17, 15) is 19.2 Å². The average molecular weight is 365 g/mol. The van der Waals surface area contributed by atoms with E-state index in [0.29, 0.717) is 27.6 Å². The van der Waals surface area contributed by atoms with E-state index in [4.69, 9.17) is 0 Å². The molecule has 1 unspecified atom stereocenters. The Hall–Kier alpha value is -3.22. The normalized spacial score (nSPS) is 19.0. The molecule has 2 heterocycles. The molecule has 1 saturated heterocycles. The number of carbonyl (C=O) groups is 4. The summed E-state index contributed by atoms with van der Waals surface area (Å²) < 4.78 is 0. The number of nitrogens with zero attached hydrogens (tertiary/aromatic N) is 1. The van der Waals surface area contributed by atoms with Crippen molar-refractivity contribution in [3.8, 4) is 0 Å². The number of rotatable bonds is 3. The van der Waals surface area contributed by atoms with E-state index in [1.54, 1.807) is 30.3 Å². The van der Waals surface area contributed by atoms with Gasteiger partial charge in [-0.05, 0) is 43.9 Å². The molecule has 2 aliphatic rings. The Morgan fingerprint density at radius 2 is 1.96 bits per heavy atom. The smallest absolute Gasteiger partial charge is 0.259 e. The molecule has 2 N–H and O–H groups in total. The molecule has 138 valence electrons. The van der Waals surface area contributed by atoms with Gasteiger partial charge in [-0.15, -0.1) is 0 Å². The number of carbonyl (C=O) groups excluding carboxylic acids is 4. The van der Waals surface area contributed by atoms with Crippen LogP contribution in [0.1, 0.15) is 47.4 Å². The van der Waals surface area contributed by atoms with Crippen LogP contribution in [0.5, 0.6) is 0 Å². The van der Waals surface area contributed by atoms with E-state index < -0.39 is 11.9 Å². The van der Waals surface area contributed by atoms with Crippen LogP contribution in [0, 0.1) is 0 Å². The Morgan fingerprint density at radius 3 is 2.67 bits per heavy atom. The monoisotopic (exact) mass is 365 g/mol. The number of amides is 4. The zero-order chi connectivity index (χ0) is 19.3. The van der Waals surface area contributed by atoms with Gasteiger partial charge in [0.2, 0.25) is 11.8 Å². The number of hydrogen-bond acceptors (Lipinski definition) is 4. The molecule has 27 heavy (non-hydrogen) atoms. The fraction of sp³-hybridized carbons (Fsp3) is 0.300. The zero-order valence-corrected chi connectivity index (χ0v) is 15.0. The molecule has 0 saturated carbocycles. The Labute approximate surface area is 155 Å². The summed E-state index contributed by atoms with van der Waals surface area (Å²) in [7, 11) is 0. The summed E-state index contributed by atoms with van der Waals surface area (Å²) in [5.74, 6) is -1.29. The molecule has 1 atom stereocenters. The molecule has 1 fully saturated rings. The first kappa shape index (κ1) is 17.2. The zero-order valence-electron chi connectivity index (χ0n) is 15.0. The van der Waals surface area contributed by atoms with Gasteiger partial charge in [0.25, 0.3) is 11.8 Å². The molecule has 0 radical (unpaired) electrons. The topological polar surface area (TPSA) is 95.6 Å². The first-order valence-corrected chi connectivity index (χ1v) is 8.92. The maximum absolute atomic E-state index is 13.0. The maximum atomic E-state index is 13.0. The van der Waals surface area contributed by atoms with Crippen molar-refractivity contribution in [3.05, 3.63) is 41.5 Å². The molecule has 4 amide bonds. The summed E-state index contributed by atoms with van der Waals surface area (Å²) in [4.78, 5) is 50.8. The molecule has 0 bridgehead atoms. The fourth-order valence-electron chi connectivity index (χ4n) is 3.78. The number of hydrogen-bond donors (Lipinski definition) is 2. The van der Waals surface area contributed by atoms with Crippen molar-refractivity contribution in [1.82, 2.24) is 10.6 Å². The molecule has 2 aromatic carbocycles. The highest BCUT2D eigenvalue weighted by molar-refractivity contribution is 6.29. The van der Waals surface area contributed by atoms with Crippen LogP contribution in [0.15, 0.2) is 30.3 Å². The molecule has 0 aliphatic carbocycles. The summed E-state index contributed by atoms with van der Waals surface area (Å²) >= 11 is 0. The average Bonchev–Trinajstić information content (AvgIpc) is 2.89. The van der Waals surface area contributed by atoms with Crippen LogP contribution >= 0.6 is 0 Å². The lowest BCUT2D eigenvalue weighted by Crippen LogP contribution is -2.53. The number of benzene rings is 2. The number of imide groups is 1. The number of piperidine rings is 1. The Kier molecular flexibility index (Phi) is 3.95. The molecule has 7 heteroatoms. The summed E-state index contributed by atoms with van der Waals surface area (Å²) in [6, 6.07) is 7.87. The van der Waals surface area contributed by atoms with Crippen LogP contribution in [0.25, 0.3) is 10.8 Å².